The van der Waals surface area contributed by atoms with Gasteiger partial charge in [-0.25, -0.2) is 4.79 Å². The maximum atomic E-state index is 12.5. The minimum Gasteiger partial charge on any atom is -0.463 e. The van der Waals surface area contributed by atoms with Crippen LogP contribution >= 0.6 is 0 Å². The number of carbonyl (C=O) groups excluding carboxylic acids is 1. The molecule has 2 heterocycles. The third-order valence-electron chi connectivity index (χ3n) is 4.48. The fourth-order valence-electron chi connectivity index (χ4n) is 3.51. The topological polar surface area (TPSA) is 29.5 Å². The van der Waals surface area contributed by atoms with Crippen molar-refractivity contribution in [1.82, 2.24) is 4.90 Å². The molecule has 1 aromatic carbocycles. The van der Waals surface area contributed by atoms with Crippen LogP contribution in [0.3, 0.4) is 0 Å². The van der Waals surface area contributed by atoms with Gasteiger partial charge in [0.25, 0.3) is 0 Å². The average Bonchev–Trinajstić information content (AvgIpc) is 2.72. The molecule has 0 aromatic heterocycles. The molecule has 112 valence electrons. The third kappa shape index (κ3) is 2.82. The molecule has 0 aliphatic carbocycles. The largest absolute Gasteiger partial charge is 0.463 e. The Balaban J connectivity index is 1.98. The van der Waals surface area contributed by atoms with E-state index in [1.807, 2.05) is 25.1 Å². The molecule has 0 saturated carbocycles. The summed E-state index contributed by atoms with van der Waals surface area (Å²) in [6.07, 6.45) is 4.67. The lowest BCUT2D eigenvalue weighted by Crippen LogP contribution is -2.21. The molecule has 1 aromatic rings. The lowest BCUT2D eigenvalue weighted by Gasteiger charge is -2.20. The maximum absolute atomic E-state index is 12.5. The van der Waals surface area contributed by atoms with Gasteiger partial charge in [0.05, 0.1) is 12.2 Å². The van der Waals surface area contributed by atoms with E-state index in [0.29, 0.717) is 6.61 Å². The molecule has 3 rings (SSSR count). The van der Waals surface area contributed by atoms with E-state index in [2.05, 4.69) is 17.0 Å². The summed E-state index contributed by atoms with van der Waals surface area (Å²) in [6.45, 7) is 4.31. The molecule has 1 fully saturated rings. The molecule has 2 aliphatic rings. The highest BCUT2D eigenvalue weighted by Crippen LogP contribution is 2.40. The highest BCUT2D eigenvalue weighted by molar-refractivity contribution is 5.92. The summed E-state index contributed by atoms with van der Waals surface area (Å²) in [6, 6.07) is 10.4. The van der Waals surface area contributed by atoms with Gasteiger partial charge in [0.2, 0.25) is 0 Å². The number of ether oxygens (including phenoxy) is 1. The van der Waals surface area contributed by atoms with Gasteiger partial charge in [0.15, 0.2) is 0 Å². The summed E-state index contributed by atoms with van der Waals surface area (Å²) in [5.74, 6) is 0.0455. The van der Waals surface area contributed by atoms with Crippen LogP contribution in [0.4, 0.5) is 0 Å². The Kier molecular flexibility index (Phi) is 4.28. The fraction of sp³-hybridized carbons (Fsp3) is 0.500. The molecule has 0 radical (unpaired) electrons. The van der Waals surface area contributed by atoms with Crippen LogP contribution in [0.15, 0.2) is 41.6 Å². The van der Waals surface area contributed by atoms with E-state index >= 15 is 0 Å². The van der Waals surface area contributed by atoms with Crippen LogP contribution in [0.5, 0.6) is 0 Å². The van der Waals surface area contributed by atoms with Crippen LogP contribution in [-0.2, 0) is 9.53 Å². The van der Waals surface area contributed by atoms with Gasteiger partial charge in [0, 0.05) is 24.7 Å². The molecule has 0 bridgehead atoms. The number of nitrogens with zero attached hydrogens (tertiary/aromatic N) is 1. The Hall–Kier alpha value is -1.77. The molecule has 0 amide bonds. The van der Waals surface area contributed by atoms with Crippen molar-refractivity contribution in [3.8, 4) is 0 Å². The molecule has 3 heteroatoms. The molecular formula is C18H23NO2. The molecule has 0 spiro atoms. The van der Waals surface area contributed by atoms with Crippen molar-refractivity contribution >= 4 is 5.97 Å². The number of benzene rings is 1. The van der Waals surface area contributed by atoms with Crippen molar-refractivity contribution < 1.29 is 9.53 Å². The average molecular weight is 285 g/mol. The van der Waals surface area contributed by atoms with Crippen molar-refractivity contribution in [3.05, 3.63) is 47.2 Å². The van der Waals surface area contributed by atoms with Crippen LogP contribution in [0, 0.1) is 0 Å². The number of hydrogen-bond donors (Lipinski definition) is 0. The number of esters is 1. The second kappa shape index (κ2) is 6.33. The number of fused-ring (bicyclic) bond motifs is 1. The van der Waals surface area contributed by atoms with E-state index in [0.717, 1.165) is 25.1 Å². The maximum Gasteiger partial charge on any atom is 0.336 e. The van der Waals surface area contributed by atoms with Gasteiger partial charge in [-0.05, 0) is 31.7 Å². The van der Waals surface area contributed by atoms with Crippen LogP contribution in [-0.4, -0.2) is 30.6 Å². The van der Waals surface area contributed by atoms with Gasteiger partial charge in [-0.1, -0.05) is 36.8 Å². The van der Waals surface area contributed by atoms with Crippen LogP contribution in [0.1, 0.15) is 44.1 Å². The summed E-state index contributed by atoms with van der Waals surface area (Å²) in [7, 11) is 0. The molecule has 21 heavy (non-hydrogen) atoms. The first-order valence-electron chi connectivity index (χ1n) is 8.01. The predicted molar refractivity (Wildman–Crippen MR) is 82.9 cm³/mol. The lowest BCUT2D eigenvalue weighted by atomic mass is 9.91. The summed E-state index contributed by atoms with van der Waals surface area (Å²) in [4.78, 5) is 14.9. The van der Waals surface area contributed by atoms with Gasteiger partial charge in [0.1, 0.15) is 0 Å². The van der Waals surface area contributed by atoms with E-state index in [1.165, 1.54) is 30.5 Å². The molecule has 2 aliphatic heterocycles. The molecule has 0 N–H and O–H groups in total. The zero-order valence-electron chi connectivity index (χ0n) is 12.7. The summed E-state index contributed by atoms with van der Waals surface area (Å²) in [5, 5.41) is 0. The second-order valence-corrected chi connectivity index (χ2v) is 5.80. The summed E-state index contributed by atoms with van der Waals surface area (Å²) >= 11 is 0. The molecule has 3 nitrogen and oxygen atoms in total. The Bertz CT molecular complexity index is 535. The summed E-state index contributed by atoms with van der Waals surface area (Å²) < 4.78 is 5.34. The van der Waals surface area contributed by atoms with Crippen molar-refractivity contribution in [2.45, 2.75) is 38.5 Å². The van der Waals surface area contributed by atoms with Crippen molar-refractivity contribution in [2.24, 2.45) is 0 Å². The Labute approximate surface area is 126 Å². The van der Waals surface area contributed by atoms with Crippen molar-refractivity contribution in [2.75, 3.05) is 19.7 Å². The second-order valence-electron chi connectivity index (χ2n) is 5.80. The van der Waals surface area contributed by atoms with E-state index in [-0.39, 0.29) is 11.9 Å². The minimum atomic E-state index is -0.120. The van der Waals surface area contributed by atoms with Gasteiger partial charge in [-0.15, -0.1) is 0 Å². The zero-order chi connectivity index (χ0) is 14.7. The van der Waals surface area contributed by atoms with Crippen LogP contribution in [0.25, 0.3) is 0 Å². The van der Waals surface area contributed by atoms with E-state index in [4.69, 9.17) is 4.74 Å². The molecule has 1 unspecified atom stereocenters. The first-order chi connectivity index (χ1) is 10.3. The van der Waals surface area contributed by atoms with Gasteiger partial charge < -0.3 is 9.64 Å². The summed E-state index contributed by atoms with van der Waals surface area (Å²) in [5.41, 5.74) is 3.37. The Morgan fingerprint density at radius 3 is 2.81 bits per heavy atom. The van der Waals surface area contributed by atoms with Crippen molar-refractivity contribution in [1.29, 1.82) is 0 Å². The van der Waals surface area contributed by atoms with Gasteiger partial charge >= 0.3 is 5.97 Å². The number of allylic oxidation sites excluding steroid dienone is 1. The monoisotopic (exact) mass is 285 g/mol. The highest BCUT2D eigenvalue weighted by Gasteiger charge is 2.37. The fourth-order valence-corrected chi connectivity index (χ4v) is 3.51. The van der Waals surface area contributed by atoms with E-state index < -0.39 is 0 Å². The normalized spacial score (nSPS) is 22.0. The number of hydrogen-bond acceptors (Lipinski definition) is 3. The smallest absolute Gasteiger partial charge is 0.336 e. The zero-order valence-corrected chi connectivity index (χ0v) is 12.7. The minimum absolute atomic E-state index is 0.120. The quantitative estimate of drug-likeness (QED) is 0.796. The van der Waals surface area contributed by atoms with E-state index in [9.17, 15) is 4.79 Å². The van der Waals surface area contributed by atoms with Crippen molar-refractivity contribution in [3.63, 3.8) is 0 Å². The Morgan fingerprint density at radius 1 is 1.24 bits per heavy atom. The lowest BCUT2D eigenvalue weighted by molar-refractivity contribution is -0.138. The SMILES string of the molecule is CCOC(=O)C1=C2CCCCCN2CC1c1ccccc1. The first-order valence-corrected chi connectivity index (χ1v) is 8.01. The Morgan fingerprint density at radius 2 is 2.05 bits per heavy atom. The third-order valence-corrected chi connectivity index (χ3v) is 4.48. The number of rotatable bonds is 3. The molecular weight excluding hydrogens is 262 g/mol. The predicted octanol–water partition coefficient (Wildman–Crippen LogP) is 3.48. The van der Waals surface area contributed by atoms with Gasteiger partial charge in [-0.3, -0.25) is 0 Å². The van der Waals surface area contributed by atoms with Crippen LogP contribution in [0.2, 0.25) is 0 Å². The first kappa shape index (κ1) is 14.2. The van der Waals surface area contributed by atoms with E-state index in [1.54, 1.807) is 0 Å². The standard InChI is InChI=1S/C18H23NO2/c1-2-21-18(20)17-15(14-9-5-3-6-10-14)13-19-12-8-4-7-11-16(17)19/h3,5-6,9-10,15H,2,4,7-8,11-13H2,1H3. The molecule has 1 saturated heterocycles. The molecule has 1 atom stereocenters. The highest BCUT2D eigenvalue weighted by atomic mass is 16.5. The number of carbonyl (C=O) groups is 1. The van der Waals surface area contributed by atoms with Gasteiger partial charge in [-0.2, -0.15) is 0 Å². The van der Waals surface area contributed by atoms with Crippen LogP contribution < -0.4 is 0 Å².